The van der Waals surface area contributed by atoms with Gasteiger partial charge in [0.15, 0.2) is 0 Å². The third kappa shape index (κ3) is 1.02. The molecule has 1 aromatic rings. The number of hydrogen-bond acceptors (Lipinski definition) is 3. The van der Waals surface area contributed by atoms with Gasteiger partial charge in [-0.25, -0.2) is 0 Å². The first kappa shape index (κ1) is 6.84. The molecule has 0 fully saturated rings. The number of nitriles is 1. The highest BCUT2D eigenvalue weighted by Crippen LogP contribution is 2.14. The van der Waals surface area contributed by atoms with Gasteiger partial charge in [-0.2, -0.15) is 5.26 Å². The second-order valence-corrected chi connectivity index (χ2v) is 2.04. The highest BCUT2D eigenvalue weighted by molar-refractivity contribution is 5.24. The molecular weight excluding hydrogens is 128 g/mol. The smallest absolute Gasteiger partial charge is 0.122 e. The Kier molecular flexibility index (Phi) is 1.74. The van der Waals surface area contributed by atoms with Crippen LogP contribution in [0.2, 0.25) is 0 Å². The predicted octanol–water partition coefficient (Wildman–Crippen LogP) is 1.11. The van der Waals surface area contributed by atoms with Crippen LogP contribution in [0, 0.1) is 18.3 Å². The van der Waals surface area contributed by atoms with Gasteiger partial charge in [0.05, 0.1) is 12.3 Å². The van der Waals surface area contributed by atoms with E-state index in [1.807, 2.05) is 6.07 Å². The molecule has 0 amide bonds. The highest BCUT2D eigenvalue weighted by atomic mass is 16.3. The molecule has 3 nitrogen and oxygen atoms in total. The van der Waals surface area contributed by atoms with E-state index >= 15 is 0 Å². The van der Waals surface area contributed by atoms with E-state index in [1.54, 1.807) is 13.0 Å². The third-order valence-corrected chi connectivity index (χ3v) is 1.37. The van der Waals surface area contributed by atoms with Gasteiger partial charge in [0, 0.05) is 5.56 Å². The van der Waals surface area contributed by atoms with Crippen molar-refractivity contribution in [1.82, 2.24) is 0 Å². The Labute approximate surface area is 59.1 Å². The van der Waals surface area contributed by atoms with Gasteiger partial charge in [0.25, 0.3) is 0 Å². The molecular formula is C7H8N2O. The van der Waals surface area contributed by atoms with Crippen LogP contribution in [-0.2, 0) is 0 Å². The maximum absolute atomic E-state index is 8.41. The van der Waals surface area contributed by atoms with Gasteiger partial charge >= 0.3 is 0 Å². The zero-order valence-corrected chi connectivity index (χ0v) is 5.66. The molecule has 52 valence electrons. The minimum atomic E-state index is -0.557. The first-order valence-corrected chi connectivity index (χ1v) is 2.95. The SMILES string of the molecule is Cc1occc1C(N)C#N. The van der Waals surface area contributed by atoms with Crippen LogP contribution in [-0.4, -0.2) is 0 Å². The minimum Gasteiger partial charge on any atom is -0.469 e. The van der Waals surface area contributed by atoms with Crippen LogP contribution in [0.15, 0.2) is 16.7 Å². The Morgan fingerprint density at radius 2 is 2.50 bits per heavy atom. The molecule has 1 heterocycles. The second-order valence-electron chi connectivity index (χ2n) is 2.04. The summed E-state index contributed by atoms with van der Waals surface area (Å²) < 4.78 is 4.96. The number of hydrogen-bond donors (Lipinski definition) is 1. The predicted molar refractivity (Wildman–Crippen MR) is 36.0 cm³/mol. The van der Waals surface area contributed by atoms with E-state index in [2.05, 4.69) is 0 Å². The lowest BCUT2D eigenvalue weighted by Gasteiger charge is -1.97. The molecule has 0 saturated carbocycles. The summed E-state index contributed by atoms with van der Waals surface area (Å²) in [4.78, 5) is 0. The first-order valence-electron chi connectivity index (χ1n) is 2.95. The zero-order valence-electron chi connectivity index (χ0n) is 5.66. The van der Waals surface area contributed by atoms with Crippen LogP contribution >= 0.6 is 0 Å². The van der Waals surface area contributed by atoms with E-state index < -0.39 is 6.04 Å². The summed E-state index contributed by atoms with van der Waals surface area (Å²) >= 11 is 0. The van der Waals surface area contributed by atoms with Gasteiger partial charge in [-0.1, -0.05) is 0 Å². The Balaban J connectivity index is 2.96. The molecule has 1 aromatic heterocycles. The molecule has 0 aliphatic heterocycles. The van der Waals surface area contributed by atoms with Crippen molar-refractivity contribution in [2.75, 3.05) is 0 Å². The zero-order chi connectivity index (χ0) is 7.56. The van der Waals surface area contributed by atoms with Crippen molar-refractivity contribution in [2.24, 2.45) is 5.73 Å². The van der Waals surface area contributed by atoms with Crippen molar-refractivity contribution in [3.05, 3.63) is 23.7 Å². The lowest BCUT2D eigenvalue weighted by atomic mass is 10.1. The van der Waals surface area contributed by atoms with Crippen molar-refractivity contribution in [1.29, 1.82) is 5.26 Å². The lowest BCUT2D eigenvalue weighted by molar-refractivity contribution is 0.528. The topological polar surface area (TPSA) is 62.9 Å². The maximum Gasteiger partial charge on any atom is 0.122 e. The third-order valence-electron chi connectivity index (χ3n) is 1.37. The van der Waals surface area contributed by atoms with Crippen LogP contribution in [0.25, 0.3) is 0 Å². The van der Waals surface area contributed by atoms with Crippen molar-refractivity contribution in [3.8, 4) is 6.07 Å². The van der Waals surface area contributed by atoms with E-state index in [-0.39, 0.29) is 0 Å². The Hall–Kier alpha value is -1.27. The summed E-state index contributed by atoms with van der Waals surface area (Å²) in [7, 11) is 0. The lowest BCUT2D eigenvalue weighted by Crippen LogP contribution is -2.06. The summed E-state index contributed by atoms with van der Waals surface area (Å²) in [5.41, 5.74) is 6.18. The monoisotopic (exact) mass is 136 g/mol. The molecule has 0 saturated heterocycles. The quantitative estimate of drug-likeness (QED) is 0.629. The van der Waals surface area contributed by atoms with E-state index in [0.717, 1.165) is 5.56 Å². The van der Waals surface area contributed by atoms with E-state index in [0.29, 0.717) is 5.76 Å². The van der Waals surface area contributed by atoms with Crippen LogP contribution in [0.4, 0.5) is 0 Å². The number of nitrogens with two attached hydrogens (primary N) is 1. The normalized spacial score (nSPS) is 12.5. The molecule has 0 aromatic carbocycles. The Morgan fingerprint density at radius 3 is 2.90 bits per heavy atom. The van der Waals surface area contributed by atoms with Gasteiger partial charge in [-0.3, -0.25) is 0 Å². The molecule has 0 spiro atoms. The van der Waals surface area contributed by atoms with Crippen molar-refractivity contribution in [2.45, 2.75) is 13.0 Å². The molecule has 0 bridgehead atoms. The van der Waals surface area contributed by atoms with E-state index in [9.17, 15) is 0 Å². The molecule has 1 unspecified atom stereocenters. The molecule has 3 heteroatoms. The van der Waals surface area contributed by atoms with E-state index in [1.165, 1.54) is 6.26 Å². The van der Waals surface area contributed by atoms with Crippen molar-refractivity contribution >= 4 is 0 Å². The maximum atomic E-state index is 8.41. The van der Waals surface area contributed by atoms with Gasteiger partial charge in [-0.05, 0) is 13.0 Å². The van der Waals surface area contributed by atoms with Crippen molar-refractivity contribution in [3.63, 3.8) is 0 Å². The Bertz CT molecular complexity index is 259. The van der Waals surface area contributed by atoms with Gasteiger partial charge in [-0.15, -0.1) is 0 Å². The fourth-order valence-electron chi connectivity index (χ4n) is 0.787. The average molecular weight is 136 g/mol. The minimum absolute atomic E-state index is 0.557. The molecule has 0 radical (unpaired) electrons. The standard InChI is InChI=1S/C7H8N2O/c1-5-6(2-3-10-5)7(9)4-8/h2-3,7H,9H2,1H3. The molecule has 0 aliphatic carbocycles. The van der Waals surface area contributed by atoms with Gasteiger partial charge < -0.3 is 10.2 Å². The van der Waals surface area contributed by atoms with Gasteiger partial charge in [0.1, 0.15) is 11.8 Å². The fourth-order valence-corrected chi connectivity index (χ4v) is 0.787. The summed E-state index contributed by atoms with van der Waals surface area (Å²) in [6, 6.07) is 3.08. The average Bonchev–Trinajstić information content (AvgIpc) is 2.34. The number of nitrogens with zero attached hydrogens (tertiary/aromatic N) is 1. The molecule has 0 aliphatic rings. The van der Waals surface area contributed by atoms with E-state index in [4.69, 9.17) is 15.4 Å². The van der Waals surface area contributed by atoms with Gasteiger partial charge in [0.2, 0.25) is 0 Å². The first-order chi connectivity index (χ1) is 4.75. The van der Waals surface area contributed by atoms with Crippen LogP contribution in [0.3, 0.4) is 0 Å². The van der Waals surface area contributed by atoms with Crippen molar-refractivity contribution < 1.29 is 4.42 Å². The summed E-state index contributed by atoms with van der Waals surface area (Å²) in [6.45, 7) is 1.78. The molecule has 1 atom stereocenters. The summed E-state index contributed by atoms with van der Waals surface area (Å²) in [5, 5.41) is 8.41. The largest absolute Gasteiger partial charge is 0.469 e. The molecule has 1 rings (SSSR count). The highest BCUT2D eigenvalue weighted by Gasteiger charge is 2.08. The number of furan rings is 1. The molecule has 2 N–H and O–H groups in total. The summed E-state index contributed by atoms with van der Waals surface area (Å²) in [6.07, 6.45) is 1.53. The van der Waals surface area contributed by atoms with Crippen LogP contribution in [0.5, 0.6) is 0 Å². The Morgan fingerprint density at radius 1 is 1.80 bits per heavy atom. The fraction of sp³-hybridized carbons (Fsp3) is 0.286. The van der Waals surface area contributed by atoms with Crippen LogP contribution < -0.4 is 5.73 Å². The molecule has 10 heavy (non-hydrogen) atoms. The summed E-state index contributed by atoms with van der Waals surface area (Å²) in [5.74, 6) is 0.717. The number of rotatable bonds is 1. The second kappa shape index (κ2) is 2.54. The number of aryl methyl sites for hydroxylation is 1. The van der Waals surface area contributed by atoms with Crippen LogP contribution in [0.1, 0.15) is 17.4 Å².